The van der Waals surface area contributed by atoms with Gasteiger partial charge in [-0.3, -0.25) is 9.59 Å². The molecule has 0 aromatic carbocycles. The van der Waals surface area contributed by atoms with Crippen LogP contribution in [-0.4, -0.2) is 37.2 Å². The van der Waals surface area contributed by atoms with Crippen molar-refractivity contribution in [3.63, 3.8) is 0 Å². The largest absolute Gasteiger partial charge is 0.462 e. The van der Waals surface area contributed by atoms with Gasteiger partial charge in [0.15, 0.2) is 0 Å². The minimum atomic E-state index is -0.849. The lowest BCUT2D eigenvalue weighted by Crippen LogP contribution is -2.35. The summed E-state index contributed by atoms with van der Waals surface area (Å²) < 4.78 is 14.1. The SMILES string of the molecule is C=C1NC(=O)C=C(CCOC(=O)/C=C/C(=O)OCOC(=O)C(C)C)N1. The smallest absolute Gasteiger partial charge is 0.333 e. The van der Waals surface area contributed by atoms with Crippen LogP contribution in [0.3, 0.4) is 0 Å². The number of rotatable bonds is 8. The van der Waals surface area contributed by atoms with Crippen LogP contribution >= 0.6 is 0 Å². The number of ether oxygens (including phenoxy) is 3. The van der Waals surface area contributed by atoms with Crippen LogP contribution in [0.5, 0.6) is 0 Å². The van der Waals surface area contributed by atoms with Gasteiger partial charge in [-0.05, 0) is 0 Å². The maximum Gasteiger partial charge on any atom is 0.333 e. The second kappa shape index (κ2) is 9.91. The average molecular weight is 352 g/mol. The van der Waals surface area contributed by atoms with Crippen molar-refractivity contribution in [2.75, 3.05) is 13.4 Å². The van der Waals surface area contributed by atoms with Crippen LogP contribution in [0.2, 0.25) is 0 Å². The molecule has 0 atom stereocenters. The van der Waals surface area contributed by atoms with Gasteiger partial charge in [-0.15, -0.1) is 0 Å². The predicted molar refractivity (Wildman–Crippen MR) is 85.1 cm³/mol. The van der Waals surface area contributed by atoms with Crippen molar-refractivity contribution >= 4 is 23.8 Å². The number of nitrogens with one attached hydrogen (secondary N) is 2. The number of amides is 1. The van der Waals surface area contributed by atoms with Crippen LogP contribution in [0.4, 0.5) is 0 Å². The Morgan fingerprint density at radius 3 is 2.36 bits per heavy atom. The molecule has 1 amide bonds. The lowest BCUT2D eigenvalue weighted by atomic mass is 10.2. The van der Waals surface area contributed by atoms with Crippen molar-refractivity contribution in [2.24, 2.45) is 5.92 Å². The molecule has 1 aliphatic heterocycles. The highest BCUT2D eigenvalue weighted by atomic mass is 16.7. The first-order chi connectivity index (χ1) is 11.8. The lowest BCUT2D eigenvalue weighted by molar-refractivity contribution is -0.166. The van der Waals surface area contributed by atoms with E-state index in [-0.39, 0.29) is 24.9 Å². The van der Waals surface area contributed by atoms with E-state index in [1.54, 1.807) is 13.8 Å². The number of esters is 3. The van der Waals surface area contributed by atoms with Gasteiger partial charge in [0, 0.05) is 30.3 Å². The third-order valence-electron chi connectivity index (χ3n) is 2.74. The second-order valence-electron chi connectivity index (χ2n) is 5.21. The molecule has 25 heavy (non-hydrogen) atoms. The van der Waals surface area contributed by atoms with E-state index >= 15 is 0 Å². The topological polar surface area (TPSA) is 120 Å². The van der Waals surface area contributed by atoms with E-state index in [2.05, 4.69) is 26.7 Å². The van der Waals surface area contributed by atoms with E-state index < -0.39 is 24.7 Å². The standard InChI is InChI=1S/C16H20N2O7/c1-10(2)16(22)25-9-24-15(21)5-4-14(20)23-7-6-12-8-13(19)18-11(3)17-12/h4-5,8,10,17H,3,6-7,9H2,1-2H3,(H,18,19)/b5-4+. The molecule has 0 bridgehead atoms. The fourth-order valence-corrected chi connectivity index (χ4v) is 1.55. The molecule has 0 unspecified atom stereocenters. The van der Waals surface area contributed by atoms with E-state index in [1.165, 1.54) is 6.08 Å². The first kappa shape index (κ1) is 19.9. The normalized spacial score (nSPS) is 13.8. The van der Waals surface area contributed by atoms with Gasteiger partial charge in [-0.2, -0.15) is 0 Å². The summed E-state index contributed by atoms with van der Waals surface area (Å²) in [7, 11) is 0. The molecule has 1 aliphatic rings. The molecule has 0 spiro atoms. The van der Waals surface area contributed by atoms with Crippen LogP contribution in [0.25, 0.3) is 0 Å². The number of hydrogen-bond donors (Lipinski definition) is 2. The van der Waals surface area contributed by atoms with Gasteiger partial charge in [0.05, 0.1) is 12.5 Å². The molecule has 0 saturated carbocycles. The van der Waals surface area contributed by atoms with Crippen molar-refractivity contribution in [3.8, 4) is 0 Å². The fraction of sp³-hybridized carbons (Fsp3) is 0.375. The number of carbonyl (C=O) groups is 4. The Balaban J connectivity index is 2.23. The maximum atomic E-state index is 11.5. The number of carbonyl (C=O) groups excluding carboxylic acids is 4. The number of hydrogen-bond acceptors (Lipinski definition) is 8. The highest BCUT2D eigenvalue weighted by Gasteiger charge is 2.12. The minimum Gasteiger partial charge on any atom is -0.462 e. The lowest BCUT2D eigenvalue weighted by Gasteiger charge is -2.18. The average Bonchev–Trinajstić information content (AvgIpc) is 2.51. The molecule has 9 nitrogen and oxygen atoms in total. The summed E-state index contributed by atoms with van der Waals surface area (Å²) in [6.45, 7) is 6.32. The summed E-state index contributed by atoms with van der Waals surface area (Å²) in [5, 5.41) is 5.27. The second-order valence-corrected chi connectivity index (χ2v) is 5.21. The minimum absolute atomic E-state index is 0.00359. The molecule has 0 saturated heterocycles. The highest BCUT2D eigenvalue weighted by Crippen LogP contribution is 2.04. The summed E-state index contributed by atoms with van der Waals surface area (Å²) in [5.41, 5.74) is 0.553. The molecule has 136 valence electrons. The van der Waals surface area contributed by atoms with Crippen molar-refractivity contribution in [1.82, 2.24) is 10.6 Å². The molecule has 0 fully saturated rings. The molecule has 0 radical (unpaired) electrons. The third kappa shape index (κ3) is 8.35. The molecule has 2 N–H and O–H groups in total. The van der Waals surface area contributed by atoms with Gasteiger partial charge in [0.2, 0.25) is 6.79 Å². The van der Waals surface area contributed by atoms with Crippen molar-refractivity contribution in [2.45, 2.75) is 20.3 Å². The van der Waals surface area contributed by atoms with Crippen LogP contribution in [-0.2, 0) is 33.4 Å². The van der Waals surface area contributed by atoms with Crippen molar-refractivity contribution in [1.29, 1.82) is 0 Å². The van der Waals surface area contributed by atoms with Crippen LogP contribution in [0.15, 0.2) is 36.3 Å². The van der Waals surface area contributed by atoms with Crippen LogP contribution < -0.4 is 10.6 Å². The summed E-state index contributed by atoms with van der Waals surface area (Å²) >= 11 is 0. The summed E-state index contributed by atoms with van der Waals surface area (Å²) in [6.07, 6.45) is 3.36. The Hall–Kier alpha value is -3.10. The molecular formula is C16H20N2O7. The predicted octanol–water partition coefficient (Wildman–Crippen LogP) is 0.250. The molecular weight excluding hydrogens is 332 g/mol. The Labute approximate surface area is 144 Å². The Bertz CT molecular complexity index is 620. The zero-order chi connectivity index (χ0) is 18.8. The van der Waals surface area contributed by atoms with E-state index in [1.807, 2.05) is 0 Å². The van der Waals surface area contributed by atoms with Crippen LogP contribution in [0, 0.1) is 5.92 Å². The van der Waals surface area contributed by atoms with E-state index in [9.17, 15) is 19.2 Å². The first-order valence-electron chi connectivity index (χ1n) is 7.43. The monoisotopic (exact) mass is 352 g/mol. The zero-order valence-electron chi connectivity index (χ0n) is 14.0. The van der Waals surface area contributed by atoms with E-state index in [0.29, 0.717) is 11.5 Å². The van der Waals surface area contributed by atoms with Gasteiger partial charge in [0.25, 0.3) is 5.91 Å². The summed E-state index contributed by atoms with van der Waals surface area (Å²) in [5.74, 6) is -2.41. The van der Waals surface area contributed by atoms with E-state index in [0.717, 1.165) is 12.2 Å². The first-order valence-corrected chi connectivity index (χ1v) is 7.43. The molecule has 0 aliphatic carbocycles. The van der Waals surface area contributed by atoms with Gasteiger partial charge in [0.1, 0.15) is 5.82 Å². The Morgan fingerprint density at radius 1 is 1.12 bits per heavy atom. The maximum absolute atomic E-state index is 11.5. The molecule has 1 heterocycles. The van der Waals surface area contributed by atoms with Gasteiger partial charge in [-0.1, -0.05) is 20.4 Å². The van der Waals surface area contributed by atoms with Gasteiger partial charge in [-0.25, -0.2) is 9.59 Å². The molecule has 0 aromatic rings. The highest BCUT2D eigenvalue weighted by molar-refractivity contribution is 5.92. The molecule has 1 rings (SSSR count). The Morgan fingerprint density at radius 2 is 1.76 bits per heavy atom. The van der Waals surface area contributed by atoms with Crippen molar-refractivity contribution in [3.05, 3.63) is 36.3 Å². The quantitative estimate of drug-likeness (QED) is 0.362. The van der Waals surface area contributed by atoms with Gasteiger partial charge < -0.3 is 24.8 Å². The zero-order valence-corrected chi connectivity index (χ0v) is 14.0. The van der Waals surface area contributed by atoms with Crippen LogP contribution in [0.1, 0.15) is 20.3 Å². The van der Waals surface area contributed by atoms with Crippen molar-refractivity contribution < 1.29 is 33.4 Å². The molecule has 9 heteroatoms. The fourth-order valence-electron chi connectivity index (χ4n) is 1.55. The summed E-state index contributed by atoms with van der Waals surface area (Å²) in [6, 6.07) is 0. The molecule has 0 aromatic heterocycles. The Kier molecular flexibility index (Phi) is 7.91. The van der Waals surface area contributed by atoms with E-state index in [4.69, 9.17) is 4.74 Å². The summed E-state index contributed by atoms with van der Waals surface area (Å²) in [4.78, 5) is 45.1. The third-order valence-corrected chi connectivity index (χ3v) is 2.74. The van der Waals surface area contributed by atoms with Gasteiger partial charge >= 0.3 is 17.9 Å².